The Balaban J connectivity index is 1.43. The van der Waals surface area contributed by atoms with Crippen molar-refractivity contribution in [3.8, 4) is 11.5 Å². The van der Waals surface area contributed by atoms with Crippen molar-refractivity contribution in [2.24, 2.45) is 0 Å². The molecule has 8 heteroatoms. The summed E-state index contributed by atoms with van der Waals surface area (Å²) in [5.74, 6) is 1.62. The van der Waals surface area contributed by atoms with Gasteiger partial charge in [-0.15, -0.1) is 11.3 Å². The molecule has 7 nitrogen and oxygen atoms in total. The first-order chi connectivity index (χ1) is 16.1. The van der Waals surface area contributed by atoms with Crippen LogP contribution in [0.2, 0.25) is 0 Å². The lowest BCUT2D eigenvalue weighted by molar-refractivity contribution is -0.136. The Hall–Kier alpha value is -2.13. The molecule has 0 spiro atoms. The van der Waals surface area contributed by atoms with Gasteiger partial charge in [0.2, 0.25) is 5.91 Å². The fourth-order valence-corrected chi connectivity index (χ4v) is 5.27. The molecule has 0 radical (unpaired) electrons. The summed E-state index contributed by atoms with van der Waals surface area (Å²) in [6.45, 7) is 4.65. The molecule has 2 heterocycles. The van der Waals surface area contributed by atoms with Crippen LogP contribution in [0.25, 0.3) is 0 Å². The third-order valence-electron chi connectivity index (χ3n) is 6.24. The first-order valence-electron chi connectivity index (χ1n) is 11.7. The topological polar surface area (TPSA) is 71.5 Å². The van der Waals surface area contributed by atoms with E-state index < -0.39 is 6.10 Å². The van der Waals surface area contributed by atoms with Crippen LogP contribution >= 0.6 is 11.3 Å². The Bertz CT molecular complexity index is 898. The molecule has 0 unspecified atom stereocenters. The monoisotopic (exact) mass is 474 g/mol. The van der Waals surface area contributed by atoms with Gasteiger partial charge in [0, 0.05) is 30.6 Å². The Morgan fingerprint density at radius 2 is 2.00 bits per heavy atom. The molecule has 1 fully saturated rings. The number of benzene rings is 1. The van der Waals surface area contributed by atoms with Crippen molar-refractivity contribution in [1.82, 2.24) is 9.80 Å². The molecule has 2 aromatic rings. The van der Waals surface area contributed by atoms with Crippen LogP contribution in [0.4, 0.5) is 0 Å². The number of hydrogen-bond donors (Lipinski definition) is 1. The summed E-state index contributed by atoms with van der Waals surface area (Å²) < 4.78 is 16.7. The highest BCUT2D eigenvalue weighted by molar-refractivity contribution is 7.10. The average Bonchev–Trinajstić information content (AvgIpc) is 3.57. The lowest BCUT2D eigenvalue weighted by atomic mass is 10.0. The molecule has 1 N–H and O–H groups in total. The molecule has 1 aromatic carbocycles. The van der Waals surface area contributed by atoms with Crippen LogP contribution in [0, 0.1) is 0 Å². The van der Waals surface area contributed by atoms with Gasteiger partial charge in [-0.1, -0.05) is 0 Å². The highest BCUT2D eigenvalue weighted by Gasteiger charge is 2.36. The Morgan fingerprint density at radius 3 is 2.70 bits per heavy atom. The molecule has 33 heavy (non-hydrogen) atoms. The highest BCUT2D eigenvalue weighted by atomic mass is 32.1. The van der Waals surface area contributed by atoms with E-state index in [1.54, 1.807) is 18.4 Å². The van der Waals surface area contributed by atoms with Gasteiger partial charge in [-0.2, -0.15) is 0 Å². The number of fused-ring (bicyclic) bond motifs is 1. The number of hydrogen-bond acceptors (Lipinski definition) is 7. The average molecular weight is 475 g/mol. The van der Waals surface area contributed by atoms with E-state index in [9.17, 15) is 9.90 Å². The molecule has 4 rings (SSSR count). The van der Waals surface area contributed by atoms with Crippen molar-refractivity contribution in [3.05, 3.63) is 46.2 Å². The normalized spacial score (nSPS) is 18.8. The first-order valence-corrected chi connectivity index (χ1v) is 12.6. The van der Waals surface area contributed by atoms with Crippen molar-refractivity contribution < 1.29 is 24.1 Å². The number of ether oxygens (including phenoxy) is 3. The van der Waals surface area contributed by atoms with E-state index in [2.05, 4.69) is 16.3 Å². The van der Waals surface area contributed by atoms with Crippen LogP contribution in [-0.4, -0.2) is 79.5 Å². The number of amides is 1. The van der Waals surface area contributed by atoms with Crippen molar-refractivity contribution in [3.63, 3.8) is 0 Å². The largest absolute Gasteiger partial charge is 0.497 e. The number of aliphatic hydroxyl groups is 1. The van der Waals surface area contributed by atoms with Gasteiger partial charge in [0.05, 0.1) is 32.4 Å². The standard InChI is InChI=1S/C25H34N2O5S/c1-3-31-16-19(28)14-26(18-4-5-18)15-25(29)27-12-10-24-22(11-13-33-24)23(27)17-32-21-8-6-20(30-2)7-9-21/h6-9,11,13,18-19,23,28H,3-5,10,12,14-17H2,1-2H3/t19-,23+/m1/s1. The maximum absolute atomic E-state index is 13.5. The minimum atomic E-state index is -0.586. The molecular formula is C25H34N2O5S. The van der Waals surface area contributed by atoms with Gasteiger partial charge in [0.1, 0.15) is 18.1 Å². The minimum Gasteiger partial charge on any atom is -0.497 e. The number of thiophene rings is 1. The summed E-state index contributed by atoms with van der Waals surface area (Å²) in [5, 5.41) is 12.4. The SMILES string of the molecule is CCOC[C@H](O)CN(CC(=O)N1CCc2sccc2[C@@H]1COc1ccc(OC)cc1)C1CC1. The van der Waals surface area contributed by atoms with Crippen LogP contribution < -0.4 is 9.47 Å². The smallest absolute Gasteiger partial charge is 0.237 e. The van der Waals surface area contributed by atoms with Crippen molar-refractivity contribution in [2.45, 2.75) is 44.4 Å². The predicted molar refractivity (Wildman–Crippen MR) is 128 cm³/mol. The number of carbonyl (C=O) groups excluding carboxylic acids is 1. The first kappa shape index (κ1) is 24.0. The molecule has 180 valence electrons. The number of carbonyl (C=O) groups is 1. The number of rotatable bonds is 12. The zero-order valence-electron chi connectivity index (χ0n) is 19.4. The molecule has 2 aliphatic rings. The maximum Gasteiger partial charge on any atom is 0.237 e. The molecule has 1 saturated carbocycles. The van der Waals surface area contributed by atoms with Gasteiger partial charge in [0.15, 0.2) is 0 Å². The van der Waals surface area contributed by atoms with Gasteiger partial charge < -0.3 is 24.2 Å². The predicted octanol–water partition coefficient (Wildman–Crippen LogP) is 3.12. The van der Waals surface area contributed by atoms with E-state index in [-0.39, 0.29) is 11.9 Å². The fourth-order valence-electron chi connectivity index (χ4n) is 4.35. The van der Waals surface area contributed by atoms with Crippen LogP contribution in [0.5, 0.6) is 11.5 Å². The van der Waals surface area contributed by atoms with Crippen molar-refractivity contribution in [2.75, 3.05) is 46.6 Å². The lowest BCUT2D eigenvalue weighted by Gasteiger charge is -2.37. The van der Waals surface area contributed by atoms with E-state index in [0.717, 1.165) is 30.8 Å². The fraction of sp³-hybridized carbons (Fsp3) is 0.560. The molecule has 1 aromatic heterocycles. The number of nitrogens with zero attached hydrogens (tertiary/aromatic N) is 2. The summed E-state index contributed by atoms with van der Waals surface area (Å²) in [5.41, 5.74) is 1.18. The molecule has 1 amide bonds. The zero-order valence-corrected chi connectivity index (χ0v) is 20.3. The van der Waals surface area contributed by atoms with Gasteiger partial charge in [-0.3, -0.25) is 9.69 Å². The second-order valence-electron chi connectivity index (χ2n) is 8.61. The molecular weight excluding hydrogens is 440 g/mol. The third kappa shape index (κ3) is 6.26. The molecule has 0 bridgehead atoms. The molecule has 1 aliphatic carbocycles. The second kappa shape index (κ2) is 11.3. The summed E-state index contributed by atoms with van der Waals surface area (Å²) in [7, 11) is 1.64. The van der Waals surface area contributed by atoms with Crippen LogP contribution in [0.1, 0.15) is 36.2 Å². The molecule has 2 atom stereocenters. The minimum absolute atomic E-state index is 0.0886. The summed E-state index contributed by atoms with van der Waals surface area (Å²) in [6.07, 6.45) is 2.44. The summed E-state index contributed by atoms with van der Waals surface area (Å²) in [4.78, 5) is 18.9. The lowest BCUT2D eigenvalue weighted by Crippen LogP contribution is -2.48. The Labute approximate surface area is 199 Å². The number of methoxy groups -OCH3 is 1. The van der Waals surface area contributed by atoms with Crippen LogP contribution in [0.15, 0.2) is 35.7 Å². The number of aliphatic hydroxyl groups excluding tert-OH is 1. The maximum atomic E-state index is 13.5. The van der Waals surface area contributed by atoms with Crippen molar-refractivity contribution >= 4 is 17.2 Å². The van der Waals surface area contributed by atoms with Gasteiger partial charge in [-0.25, -0.2) is 0 Å². The zero-order chi connectivity index (χ0) is 23.2. The Morgan fingerprint density at radius 1 is 1.24 bits per heavy atom. The van der Waals surface area contributed by atoms with E-state index >= 15 is 0 Å². The van der Waals surface area contributed by atoms with E-state index in [1.807, 2.05) is 36.1 Å². The molecule has 0 saturated heterocycles. The van der Waals surface area contributed by atoms with E-state index in [0.29, 0.717) is 45.5 Å². The highest BCUT2D eigenvalue weighted by Crippen LogP contribution is 2.35. The molecule has 1 aliphatic heterocycles. The summed E-state index contributed by atoms with van der Waals surface area (Å²) in [6, 6.07) is 9.89. The van der Waals surface area contributed by atoms with E-state index in [1.165, 1.54) is 10.4 Å². The Kier molecular flexibility index (Phi) is 8.25. The third-order valence-corrected chi connectivity index (χ3v) is 7.24. The van der Waals surface area contributed by atoms with Gasteiger partial charge >= 0.3 is 0 Å². The van der Waals surface area contributed by atoms with Crippen molar-refractivity contribution in [1.29, 1.82) is 0 Å². The second-order valence-corrected chi connectivity index (χ2v) is 9.61. The van der Waals surface area contributed by atoms with Crippen LogP contribution in [0.3, 0.4) is 0 Å². The summed E-state index contributed by atoms with van der Waals surface area (Å²) >= 11 is 1.75. The van der Waals surface area contributed by atoms with E-state index in [4.69, 9.17) is 14.2 Å². The van der Waals surface area contributed by atoms with Gasteiger partial charge in [0.25, 0.3) is 0 Å². The van der Waals surface area contributed by atoms with Gasteiger partial charge in [-0.05, 0) is 67.5 Å². The van der Waals surface area contributed by atoms with Crippen LogP contribution in [-0.2, 0) is 16.0 Å². The quantitative estimate of drug-likeness (QED) is 0.510.